The molecular formula is C21H25F4N3O. The summed E-state index contributed by atoms with van der Waals surface area (Å²) in [5.41, 5.74) is 0.116. The summed E-state index contributed by atoms with van der Waals surface area (Å²) >= 11 is 0. The molecule has 0 aromatic carbocycles. The van der Waals surface area contributed by atoms with Gasteiger partial charge in [0.2, 0.25) is 0 Å². The van der Waals surface area contributed by atoms with Crippen LogP contribution in [0, 0.1) is 11.8 Å². The van der Waals surface area contributed by atoms with Crippen LogP contribution in [0.5, 0.6) is 0 Å². The van der Waals surface area contributed by atoms with Crippen LogP contribution in [0.25, 0.3) is 0 Å². The first-order chi connectivity index (χ1) is 13.7. The van der Waals surface area contributed by atoms with Crippen LogP contribution in [0.2, 0.25) is 0 Å². The summed E-state index contributed by atoms with van der Waals surface area (Å²) in [6.45, 7) is 2.51. The highest BCUT2D eigenvalue weighted by Gasteiger charge is 2.39. The lowest BCUT2D eigenvalue weighted by molar-refractivity contribution is -0.0963. The largest absolute Gasteiger partial charge is 0.415 e. The fourth-order valence-corrected chi connectivity index (χ4v) is 3.81. The molecule has 2 amide bonds. The molecule has 1 N–H and O–H groups in total. The molecule has 29 heavy (non-hydrogen) atoms. The number of rotatable bonds is 5. The second-order valence-corrected chi connectivity index (χ2v) is 7.67. The van der Waals surface area contributed by atoms with E-state index >= 15 is 0 Å². The molecule has 0 aromatic rings. The Morgan fingerprint density at radius 2 is 2.21 bits per heavy atom. The smallest absolute Gasteiger partial charge is 0.331 e. The highest BCUT2D eigenvalue weighted by atomic mass is 19.4. The number of urea groups is 1. The quantitative estimate of drug-likeness (QED) is 0.550. The Balaban J connectivity index is 1.47. The van der Waals surface area contributed by atoms with E-state index in [1.54, 1.807) is 11.9 Å². The van der Waals surface area contributed by atoms with Crippen LogP contribution in [-0.2, 0) is 0 Å². The number of likely N-dealkylation sites (N-methyl/N-ethyl adjacent to an activating group) is 1. The number of likely N-dealkylation sites (tertiary alicyclic amines) is 1. The van der Waals surface area contributed by atoms with Crippen LogP contribution < -0.4 is 5.32 Å². The van der Waals surface area contributed by atoms with Gasteiger partial charge in [0.1, 0.15) is 5.83 Å². The molecule has 0 radical (unpaired) electrons. The van der Waals surface area contributed by atoms with Gasteiger partial charge < -0.3 is 15.1 Å². The highest BCUT2D eigenvalue weighted by Crippen LogP contribution is 2.35. The van der Waals surface area contributed by atoms with Crippen LogP contribution >= 0.6 is 0 Å². The second kappa shape index (κ2) is 9.04. The first kappa shape index (κ1) is 21.4. The minimum Gasteiger partial charge on any atom is -0.331 e. The van der Waals surface area contributed by atoms with E-state index in [1.807, 2.05) is 6.08 Å². The molecule has 1 aliphatic heterocycles. The molecule has 4 nitrogen and oxygen atoms in total. The number of hydrogen-bond acceptors (Lipinski definition) is 2. The Bertz CT molecular complexity index is 788. The molecule has 158 valence electrons. The van der Waals surface area contributed by atoms with E-state index in [-0.39, 0.29) is 6.04 Å². The Labute approximate surface area is 168 Å². The second-order valence-electron chi connectivity index (χ2n) is 7.67. The molecule has 3 aliphatic rings. The van der Waals surface area contributed by atoms with Crippen LogP contribution in [-0.4, -0.2) is 60.8 Å². The number of allylic oxidation sites excluding steroid dienone is 3. The normalized spacial score (nSPS) is 24.8. The van der Waals surface area contributed by atoms with Crippen LogP contribution in [0.1, 0.15) is 32.1 Å². The lowest BCUT2D eigenvalue weighted by Gasteiger charge is -2.28. The first-order valence-electron chi connectivity index (χ1n) is 9.80. The molecule has 1 fully saturated rings. The fourth-order valence-electron chi connectivity index (χ4n) is 3.81. The van der Waals surface area contributed by atoms with Crippen molar-refractivity contribution in [2.24, 2.45) is 0 Å². The van der Waals surface area contributed by atoms with Gasteiger partial charge in [0.25, 0.3) is 0 Å². The summed E-state index contributed by atoms with van der Waals surface area (Å²) in [4.78, 5) is 16.3. The lowest BCUT2D eigenvalue weighted by atomic mass is 9.99. The van der Waals surface area contributed by atoms with Crippen LogP contribution in [0.15, 0.2) is 35.2 Å². The first-order valence-corrected chi connectivity index (χ1v) is 9.80. The van der Waals surface area contributed by atoms with E-state index in [0.717, 1.165) is 51.4 Å². The minimum absolute atomic E-state index is 0.00272. The molecule has 1 heterocycles. The third-order valence-electron chi connectivity index (χ3n) is 5.65. The van der Waals surface area contributed by atoms with Gasteiger partial charge in [0.15, 0.2) is 0 Å². The van der Waals surface area contributed by atoms with Crippen LogP contribution in [0.3, 0.4) is 0 Å². The third-order valence-corrected chi connectivity index (χ3v) is 5.65. The van der Waals surface area contributed by atoms with Crippen molar-refractivity contribution in [1.82, 2.24) is 15.1 Å². The van der Waals surface area contributed by atoms with Crippen LogP contribution in [0.4, 0.5) is 22.4 Å². The molecule has 0 saturated carbocycles. The number of amides is 2. The number of halogens is 4. The third kappa shape index (κ3) is 5.63. The Morgan fingerprint density at radius 3 is 2.90 bits per heavy atom. The summed E-state index contributed by atoms with van der Waals surface area (Å²) in [7, 11) is 1.65. The Kier molecular flexibility index (Phi) is 6.68. The number of hydrogen-bond donors (Lipinski definition) is 1. The number of nitrogens with zero attached hydrogens (tertiary/aromatic N) is 2. The van der Waals surface area contributed by atoms with Gasteiger partial charge in [-0.25, -0.2) is 9.18 Å². The van der Waals surface area contributed by atoms with Gasteiger partial charge in [-0.2, -0.15) is 13.2 Å². The number of nitrogens with one attached hydrogen (secondary N) is 1. The summed E-state index contributed by atoms with van der Waals surface area (Å²) in [6, 6.07) is -1.32. The molecule has 8 heteroatoms. The van der Waals surface area contributed by atoms with E-state index < -0.39 is 36.1 Å². The van der Waals surface area contributed by atoms with Gasteiger partial charge in [-0.05, 0) is 31.4 Å². The van der Waals surface area contributed by atoms with E-state index in [4.69, 9.17) is 0 Å². The van der Waals surface area contributed by atoms with Gasteiger partial charge in [-0.1, -0.05) is 23.5 Å². The van der Waals surface area contributed by atoms with E-state index in [0.29, 0.717) is 0 Å². The topological polar surface area (TPSA) is 35.6 Å². The molecule has 0 spiro atoms. The minimum atomic E-state index is -4.74. The fraction of sp³-hybridized carbons (Fsp3) is 0.571. The van der Waals surface area contributed by atoms with E-state index in [1.165, 1.54) is 11.6 Å². The molecule has 0 bridgehead atoms. The number of carbonyl (C=O) groups is 1. The molecule has 0 aromatic heterocycles. The van der Waals surface area contributed by atoms with Crippen molar-refractivity contribution in [1.29, 1.82) is 0 Å². The maximum absolute atomic E-state index is 13.4. The highest BCUT2D eigenvalue weighted by molar-refractivity contribution is 5.75. The van der Waals surface area contributed by atoms with Gasteiger partial charge >= 0.3 is 12.2 Å². The van der Waals surface area contributed by atoms with Crippen molar-refractivity contribution >= 4 is 6.03 Å². The molecular weight excluding hydrogens is 386 g/mol. The Morgan fingerprint density at radius 1 is 1.41 bits per heavy atom. The summed E-state index contributed by atoms with van der Waals surface area (Å²) < 4.78 is 52.1. The number of alkyl halides is 3. The van der Waals surface area contributed by atoms with Gasteiger partial charge in [-0.15, -0.1) is 0 Å². The summed E-state index contributed by atoms with van der Waals surface area (Å²) in [5, 5.41) is 2.57. The zero-order valence-corrected chi connectivity index (χ0v) is 16.4. The molecule has 2 aliphatic carbocycles. The van der Waals surface area contributed by atoms with Crippen molar-refractivity contribution in [2.75, 3.05) is 26.7 Å². The van der Waals surface area contributed by atoms with Crippen molar-refractivity contribution in [3.05, 3.63) is 35.2 Å². The maximum Gasteiger partial charge on any atom is 0.415 e. The Hall–Kier alpha value is -2.27. The molecule has 2 atom stereocenters. The van der Waals surface area contributed by atoms with Gasteiger partial charge in [-0.3, -0.25) is 0 Å². The van der Waals surface area contributed by atoms with Crippen molar-refractivity contribution < 1.29 is 22.4 Å². The summed E-state index contributed by atoms with van der Waals surface area (Å²) in [6.07, 6.45) is 2.37. The predicted octanol–water partition coefficient (Wildman–Crippen LogP) is 3.93. The average molecular weight is 411 g/mol. The standard InChI is InChI=1S/C21H25F4N3O/c1-27(17-10-12-28(14-17)11-9-15-5-3-2-4-6-15)20(29)26-16-7-8-19(22)18(13-16)21(23,24)25/h6-8,16-17H,3,5,9-14H2,1H3,(H,26,29)/t16?,17-/m1/s1. The number of carbonyl (C=O) groups excluding carboxylic acids is 1. The maximum atomic E-state index is 13.4. The SMILES string of the molecule is CN(C(=O)NC1C=CC(F)=C(C(F)(F)F)C1)[C@@H]1CCN(CCC2=CC#CCC2)C1. The zero-order valence-electron chi connectivity index (χ0n) is 16.4. The van der Waals surface area contributed by atoms with E-state index in [9.17, 15) is 22.4 Å². The van der Waals surface area contributed by atoms with Crippen molar-refractivity contribution in [2.45, 2.75) is 50.4 Å². The monoisotopic (exact) mass is 411 g/mol. The average Bonchev–Trinajstić information content (AvgIpc) is 3.16. The molecule has 3 rings (SSSR count). The molecule has 1 unspecified atom stereocenters. The lowest BCUT2D eigenvalue weighted by Crippen LogP contribution is -2.48. The predicted molar refractivity (Wildman–Crippen MR) is 103 cm³/mol. The van der Waals surface area contributed by atoms with Gasteiger partial charge in [0.05, 0.1) is 11.6 Å². The van der Waals surface area contributed by atoms with E-state index in [2.05, 4.69) is 22.1 Å². The molecule has 1 saturated heterocycles. The van der Waals surface area contributed by atoms with Gasteiger partial charge in [0, 0.05) is 45.6 Å². The van der Waals surface area contributed by atoms with Crippen molar-refractivity contribution in [3.8, 4) is 11.8 Å². The summed E-state index contributed by atoms with van der Waals surface area (Å²) in [5.74, 6) is 4.76. The zero-order chi connectivity index (χ0) is 21.0. The van der Waals surface area contributed by atoms with Crippen molar-refractivity contribution in [3.63, 3.8) is 0 Å².